The van der Waals surface area contributed by atoms with Crippen molar-refractivity contribution in [3.8, 4) is 0 Å². The fourth-order valence-electron chi connectivity index (χ4n) is 4.52. The van der Waals surface area contributed by atoms with Gasteiger partial charge in [-0.15, -0.1) is 0 Å². The molecule has 1 saturated heterocycles. The lowest BCUT2D eigenvalue weighted by Gasteiger charge is -2.37. The van der Waals surface area contributed by atoms with Crippen molar-refractivity contribution in [3.63, 3.8) is 0 Å². The topological polar surface area (TPSA) is 71.0 Å². The molecule has 0 radical (unpaired) electrons. The van der Waals surface area contributed by atoms with Gasteiger partial charge in [0, 0.05) is 54.3 Å². The average molecular weight is 446 g/mol. The van der Waals surface area contributed by atoms with Crippen molar-refractivity contribution in [1.29, 1.82) is 0 Å². The van der Waals surface area contributed by atoms with Gasteiger partial charge in [0.25, 0.3) is 11.8 Å². The summed E-state index contributed by atoms with van der Waals surface area (Å²) in [6.07, 6.45) is 4.51. The maximum atomic E-state index is 13.2. The Bertz CT molecular complexity index is 904. The molecule has 2 aliphatic rings. The number of benzene rings is 1. The highest BCUT2D eigenvalue weighted by molar-refractivity contribution is 6.31. The zero-order valence-electron chi connectivity index (χ0n) is 18.8. The molecule has 1 atom stereocenters. The number of amides is 2. The van der Waals surface area contributed by atoms with Crippen LogP contribution < -0.4 is 10.2 Å². The molecule has 1 N–H and O–H groups in total. The van der Waals surface area contributed by atoms with Gasteiger partial charge in [-0.2, -0.15) is 0 Å². The lowest BCUT2D eigenvalue weighted by Crippen LogP contribution is -2.40. The number of nitrogens with one attached hydrogen (secondary N) is 1. The minimum atomic E-state index is -0.425. The van der Waals surface area contributed by atoms with Gasteiger partial charge in [0.2, 0.25) is 0 Å². The first-order chi connectivity index (χ1) is 14.8. The van der Waals surface area contributed by atoms with Gasteiger partial charge in [0.05, 0.1) is 5.92 Å². The second kappa shape index (κ2) is 10.4. The number of halogens is 1. The lowest BCUT2D eigenvalue weighted by molar-refractivity contribution is -0.120. The summed E-state index contributed by atoms with van der Waals surface area (Å²) in [5, 5.41) is 3.48. The third-order valence-electron chi connectivity index (χ3n) is 6.11. The third-order valence-corrected chi connectivity index (χ3v) is 6.33. The van der Waals surface area contributed by atoms with E-state index in [4.69, 9.17) is 16.3 Å². The van der Waals surface area contributed by atoms with Crippen LogP contribution in [0.5, 0.6) is 0 Å². The van der Waals surface area contributed by atoms with Crippen molar-refractivity contribution in [2.75, 3.05) is 31.2 Å². The smallest absolute Gasteiger partial charge is 0.254 e. The van der Waals surface area contributed by atoms with Crippen molar-refractivity contribution < 1.29 is 14.3 Å². The maximum Gasteiger partial charge on any atom is 0.254 e. The number of ether oxygens (including phenoxy) is 1. The van der Waals surface area contributed by atoms with E-state index in [9.17, 15) is 9.59 Å². The summed E-state index contributed by atoms with van der Waals surface area (Å²) in [4.78, 5) is 31.8. The number of dihydropyridines is 1. The summed E-state index contributed by atoms with van der Waals surface area (Å²) >= 11 is 6.46. The number of anilines is 1. The van der Waals surface area contributed by atoms with Crippen LogP contribution in [0, 0.1) is 5.92 Å². The van der Waals surface area contributed by atoms with Gasteiger partial charge < -0.3 is 15.0 Å². The highest BCUT2D eigenvalue weighted by atomic mass is 35.5. The van der Waals surface area contributed by atoms with Crippen LogP contribution in [0.25, 0.3) is 0 Å². The molecule has 0 aromatic heterocycles. The molecule has 2 heterocycles. The van der Waals surface area contributed by atoms with Crippen LogP contribution in [0.4, 0.5) is 5.69 Å². The molecule has 7 heteroatoms. The molecule has 0 saturated carbocycles. The SMILES string of the molecule is CCc1c(C(=O)NCC2C(=O)N=C(C)C=C2C)cc(Cl)cc1N(CC)C1CCOCC1. The lowest BCUT2D eigenvalue weighted by atomic mass is 9.95. The molecule has 1 fully saturated rings. The highest BCUT2D eigenvalue weighted by Gasteiger charge is 2.27. The zero-order chi connectivity index (χ0) is 22.5. The number of aliphatic imine (C=N–C) groups is 1. The van der Waals surface area contributed by atoms with Crippen molar-refractivity contribution in [3.05, 3.63) is 39.9 Å². The molecule has 1 unspecified atom stereocenters. The maximum absolute atomic E-state index is 13.2. The Kier molecular flexibility index (Phi) is 7.89. The Morgan fingerprint density at radius 3 is 2.58 bits per heavy atom. The van der Waals surface area contributed by atoms with Crippen molar-refractivity contribution in [1.82, 2.24) is 5.32 Å². The number of carbonyl (C=O) groups excluding carboxylic acids is 2. The molecule has 1 aromatic rings. The molecule has 1 aromatic carbocycles. The summed E-state index contributed by atoms with van der Waals surface area (Å²) in [7, 11) is 0. The van der Waals surface area contributed by atoms with E-state index < -0.39 is 5.92 Å². The second-order valence-electron chi connectivity index (χ2n) is 8.18. The first kappa shape index (κ1) is 23.5. The largest absolute Gasteiger partial charge is 0.381 e. The number of nitrogens with zero attached hydrogens (tertiary/aromatic N) is 2. The van der Waals surface area contributed by atoms with Crippen LogP contribution in [-0.2, 0) is 16.0 Å². The predicted molar refractivity (Wildman–Crippen MR) is 125 cm³/mol. The van der Waals surface area contributed by atoms with E-state index in [-0.39, 0.29) is 18.4 Å². The molecule has 168 valence electrons. The molecule has 0 bridgehead atoms. The number of hydrogen-bond acceptors (Lipinski definition) is 4. The third kappa shape index (κ3) is 5.36. The normalized spacial score (nSPS) is 19.6. The first-order valence-electron chi connectivity index (χ1n) is 11.1. The molecule has 3 rings (SSSR count). The van der Waals surface area contributed by atoms with Crippen molar-refractivity contribution >= 4 is 34.8 Å². The Morgan fingerprint density at radius 1 is 1.26 bits per heavy atom. The molecule has 0 aliphatic carbocycles. The molecule has 2 aliphatic heterocycles. The summed E-state index contributed by atoms with van der Waals surface area (Å²) < 4.78 is 5.53. The van der Waals surface area contributed by atoms with Gasteiger partial charge in [-0.1, -0.05) is 24.1 Å². The summed E-state index contributed by atoms with van der Waals surface area (Å²) in [5.41, 5.74) is 4.17. The number of rotatable bonds is 7. The zero-order valence-corrected chi connectivity index (χ0v) is 19.6. The summed E-state index contributed by atoms with van der Waals surface area (Å²) in [6, 6.07) is 4.06. The van der Waals surface area contributed by atoms with E-state index in [0.717, 1.165) is 49.4 Å². The van der Waals surface area contributed by atoms with Crippen LogP contribution in [0.1, 0.15) is 56.5 Å². The van der Waals surface area contributed by atoms with Gasteiger partial charge in [-0.25, -0.2) is 4.99 Å². The standard InChI is InChI=1S/C24H32ClN3O3/c1-5-19-20(23(29)26-14-21-15(3)11-16(4)27-24(21)30)12-17(25)13-22(19)28(6-2)18-7-9-31-10-8-18/h11-13,18,21H,5-10,14H2,1-4H3,(H,26,29). The van der Waals surface area contributed by atoms with E-state index in [0.29, 0.717) is 28.8 Å². The molecule has 31 heavy (non-hydrogen) atoms. The molecular weight excluding hydrogens is 414 g/mol. The van der Waals surface area contributed by atoms with Crippen LogP contribution >= 0.6 is 11.6 Å². The van der Waals surface area contributed by atoms with Gasteiger partial charge in [0.15, 0.2) is 0 Å². The molecule has 2 amide bonds. The predicted octanol–water partition coefficient (Wildman–Crippen LogP) is 4.20. The monoisotopic (exact) mass is 445 g/mol. The number of hydrogen-bond donors (Lipinski definition) is 1. The minimum absolute atomic E-state index is 0.211. The Labute approximate surface area is 189 Å². The summed E-state index contributed by atoms with van der Waals surface area (Å²) in [5.74, 6) is -0.849. The fraction of sp³-hybridized carbons (Fsp3) is 0.542. The van der Waals surface area contributed by atoms with Crippen LogP contribution in [0.2, 0.25) is 5.02 Å². The Morgan fingerprint density at radius 2 is 1.97 bits per heavy atom. The number of carbonyl (C=O) groups is 2. The van der Waals surface area contributed by atoms with Crippen LogP contribution in [-0.4, -0.2) is 49.9 Å². The molecule has 6 nitrogen and oxygen atoms in total. The Balaban J connectivity index is 1.84. The van der Waals surface area contributed by atoms with Gasteiger partial charge in [0.1, 0.15) is 0 Å². The minimum Gasteiger partial charge on any atom is -0.381 e. The molecular formula is C24H32ClN3O3. The fourth-order valence-corrected chi connectivity index (χ4v) is 4.73. The van der Waals surface area contributed by atoms with Gasteiger partial charge in [-0.05, 0) is 63.8 Å². The highest BCUT2D eigenvalue weighted by Crippen LogP contribution is 2.32. The van der Waals surface area contributed by atoms with E-state index in [1.165, 1.54) is 0 Å². The molecule has 0 spiro atoms. The van der Waals surface area contributed by atoms with Crippen LogP contribution in [0.3, 0.4) is 0 Å². The Hall–Kier alpha value is -2.18. The quantitative estimate of drug-likeness (QED) is 0.682. The average Bonchev–Trinajstić information content (AvgIpc) is 2.73. The number of allylic oxidation sites excluding steroid dienone is 1. The van der Waals surface area contributed by atoms with E-state index in [1.807, 2.05) is 19.1 Å². The van der Waals surface area contributed by atoms with E-state index >= 15 is 0 Å². The van der Waals surface area contributed by atoms with E-state index in [1.54, 1.807) is 13.0 Å². The van der Waals surface area contributed by atoms with Crippen molar-refractivity contribution in [2.45, 2.75) is 53.0 Å². The van der Waals surface area contributed by atoms with Gasteiger partial charge >= 0.3 is 0 Å². The van der Waals surface area contributed by atoms with Crippen molar-refractivity contribution in [2.24, 2.45) is 10.9 Å². The van der Waals surface area contributed by atoms with Crippen LogP contribution in [0.15, 0.2) is 28.8 Å². The van der Waals surface area contributed by atoms with E-state index in [2.05, 4.69) is 29.1 Å². The van der Waals surface area contributed by atoms with Gasteiger partial charge in [-0.3, -0.25) is 9.59 Å². The second-order valence-corrected chi connectivity index (χ2v) is 8.61. The first-order valence-corrected chi connectivity index (χ1v) is 11.5. The summed E-state index contributed by atoms with van der Waals surface area (Å²) in [6.45, 7) is 10.4.